The van der Waals surface area contributed by atoms with Crippen LogP contribution in [0.25, 0.3) is 11.3 Å². The number of nitrogens with one attached hydrogen (secondary N) is 2. The molecule has 9 heteroatoms. The van der Waals surface area contributed by atoms with Gasteiger partial charge in [-0.15, -0.1) is 0 Å². The van der Waals surface area contributed by atoms with E-state index < -0.39 is 0 Å². The van der Waals surface area contributed by atoms with Gasteiger partial charge in [-0.25, -0.2) is 0 Å². The summed E-state index contributed by atoms with van der Waals surface area (Å²) in [6.45, 7) is 6.87. The summed E-state index contributed by atoms with van der Waals surface area (Å²) >= 11 is 11.5. The first kappa shape index (κ1) is 23.9. The molecule has 4 heterocycles. The fraction of sp³-hybridized carbons (Fsp3) is 0.423. The molecule has 0 spiro atoms. The predicted octanol–water partition coefficient (Wildman–Crippen LogP) is 5.71. The molecular formula is C26H31ClN6OS. The lowest BCUT2D eigenvalue weighted by atomic mass is 10.0. The minimum absolute atomic E-state index is 0.460. The van der Waals surface area contributed by atoms with Crippen LogP contribution in [0.3, 0.4) is 0 Å². The highest BCUT2D eigenvalue weighted by Gasteiger charge is 2.22. The number of piperidine rings is 1. The Morgan fingerprint density at radius 1 is 1.03 bits per heavy atom. The van der Waals surface area contributed by atoms with E-state index >= 15 is 0 Å². The van der Waals surface area contributed by atoms with E-state index in [1.54, 1.807) is 0 Å². The topological polar surface area (TPSA) is 69.5 Å². The average Bonchev–Trinajstić information content (AvgIpc) is 3.56. The van der Waals surface area contributed by atoms with Crippen LogP contribution in [0.5, 0.6) is 0 Å². The van der Waals surface area contributed by atoms with Gasteiger partial charge in [-0.3, -0.25) is 0 Å². The zero-order valence-corrected chi connectivity index (χ0v) is 21.5. The molecule has 2 saturated heterocycles. The van der Waals surface area contributed by atoms with Crippen molar-refractivity contribution >= 4 is 46.5 Å². The van der Waals surface area contributed by atoms with Crippen LogP contribution < -0.4 is 20.4 Å². The standard InChI is InChI=1S/C26H31ClN6OS/c1-18-5-4-14-33(17-18)24-15-23(32-12-2-3-13-32)29-25(30-24)31-26(35)28-16-21-10-11-22(34-21)19-6-8-20(27)9-7-19/h6-11,15,18H,2-5,12-14,16-17H2,1H3,(H2,28,29,30,31,35)/t18-/m1/s1. The summed E-state index contributed by atoms with van der Waals surface area (Å²) in [6, 6.07) is 13.6. The number of benzene rings is 1. The summed E-state index contributed by atoms with van der Waals surface area (Å²) in [6.07, 6.45) is 4.86. The van der Waals surface area contributed by atoms with Crippen molar-refractivity contribution in [1.82, 2.24) is 15.3 Å². The van der Waals surface area contributed by atoms with E-state index in [9.17, 15) is 0 Å². The molecule has 1 atom stereocenters. The minimum Gasteiger partial charge on any atom is -0.459 e. The van der Waals surface area contributed by atoms with Crippen LogP contribution in [-0.4, -0.2) is 41.3 Å². The molecule has 2 aliphatic rings. The third kappa shape index (κ3) is 6.05. The summed E-state index contributed by atoms with van der Waals surface area (Å²) in [5.41, 5.74) is 0.980. The van der Waals surface area contributed by atoms with Gasteiger partial charge in [0.2, 0.25) is 5.95 Å². The molecule has 0 amide bonds. The number of halogens is 1. The Kier molecular flexibility index (Phi) is 7.39. The summed E-state index contributed by atoms with van der Waals surface area (Å²) < 4.78 is 5.97. The first-order valence-electron chi connectivity index (χ1n) is 12.3. The molecule has 5 rings (SSSR count). The normalized spacial score (nSPS) is 18.1. The first-order chi connectivity index (χ1) is 17.0. The lowest BCUT2D eigenvalue weighted by Crippen LogP contribution is -2.35. The molecule has 3 aromatic rings. The Morgan fingerprint density at radius 2 is 1.74 bits per heavy atom. The van der Waals surface area contributed by atoms with Gasteiger partial charge in [-0.2, -0.15) is 9.97 Å². The molecule has 2 N–H and O–H groups in total. The van der Waals surface area contributed by atoms with Gasteiger partial charge in [0, 0.05) is 42.8 Å². The quantitative estimate of drug-likeness (QED) is 0.408. The van der Waals surface area contributed by atoms with Crippen molar-refractivity contribution in [1.29, 1.82) is 0 Å². The first-order valence-corrected chi connectivity index (χ1v) is 13.1. The van der Waals surface area contributed by atoms with Crippen LogP contribution in [-0.2, 0) is 6.54 Å². The Morgan fingerprint density at radius 3 is 2.49 bits per heavy atom. The van der Waals surface area contributed by atoms with Gasteiger partial charge in [-0.05, 0) is 80.2 Å². The Labute approximate surface area is 216 Å². The van der Waals surface area contributed by atoms with Gasteiger partial charge in [0.05, 0.1) is 6.54 Å². The van der Waals surface area contributed by atoms with Crippen molar-refractivity contribution in [3.8, 4) is 11.3 Å². The number of aromatic nitrogens is 2. The average molecular weight is 511 g/mol. The fourth-order valence-corrected chi connectivity index (χ4v) is 4.99. The van der Waals surface area contributed by atoms with E-state index in [1.165, 1.54) is 25.7 Å². The summed E-state index contributed by atoms with van der Waals surface area (Å²) in [4.78, 5) is 14.3. The predicted molar refractivity (Wildman–Crippen MR) is 146 cm³/mol. The third-order valence-electron chi connectivity index (χ3n) is 6.55. The molecule has 2 fully saturated rings. The number of rotatable bonds is 6. The maximum atomic E-state index is 5.98. The molecule has 0 bridgehead atoms. The van der Waals surface area contributed by atoms with Gasteiger partial charge in [0.25, 0.3) is 0 Å². The van der Waals surface area contributed by atoms with Crippen LogP contribution in [0.4, 0.5) is 17.6 Å². The molecule has 184 valence electrons. The molecule has 0 unspecified atom stereocenters. The van der Waals surface area contributed by atoms with E-state index in [2.05, 4.69) is 33.4 Å². The lowest BCUT2D eigenvalue weighted by Gasteiger charge is -2.32. The van der Waals surface area contributed by atoms with E-state index in [1.807, 2.05) is 36.4 Å². The van der Waals surface area contributed by atoms with Crippen molar-refractivity contribution in [3.05, 3.63) is 53.2 Å². The second-order valence-corrected chi connectivity index (χ2v) is 10.2. The van der Waals surface area contributed by atoms with Crippen molar-refractivity contribution in [2.24, 2.45) is 5.92 Å². The third-order valence-corrected chi connectivity index (χ3v) is 7.05. The molecule has 0 radical (unpaired) electrons. The second-order valence-electron chi connectivity index (χ2n) is 9.38. The van der Waals surface area contributed by atoms with Crippen LogP contribution in [0, 0.1) is 5.92 Å². The summed E-state index contributed by atoms with van der Waals surface area (Å²) in [5, 5.41) is 7.58. The van der Waals surface area contributed by atoms with Gasteiger partial charge < -0.3 is 24.9 Å². The molecule has 35 heavy (non-hydrogen) atoms. The van der Waals surface area contributed by atoms with Crippen LogP contribution in [0.2, 0.25) is 5.02 Å². The number of thiocarbonyl (C=S) groups is 1. The molecule has 2 aromatic heterocycles. The van der Waals surface area contributed by atoms with Crippen molar-refractivity contribution < 1.29 is 4.42 Å². The summed E-state index contributed by atoms with van der Waals surface area (Å²) in [7, 11) is 0. The van der Waals surface area contributed by atoms with Gasteiger partial charge in [0.15, 0.2) is 5.11 Å². The second kappa shape index (κ2) is 10.8. The number of anilines is 3. The Hall–Kier alpha value is -2.84. The molecule has 0 saturated carbocycles. The van der Waals surface area contributed by atoms with Crippen LogP contribution in [0.15, 0.2) is 46.9 Å². The lowest BCUT2D eigenvalue weighted by molar-refractivity contribution is 0.444. The molecule has 0 aliphatic carbocycles. The largest absolute Gasteiger partial charge is 0.459 e. The maximum Gasteiger partial charge on any atom is 0.232 e. The fourth-order valence-electron chi connectivity index (χ4n) is 4.70. The van der Waals surface area contributed by atoms with Gasteiger partial charge >= 0.3 is 0 Å². The highest BCUT2D eigenvalue weighted by molar-refractivity contribution is 7.80. The van der Waals surface area contributed by atoms with Gasteiger partial charge in [0.1, 0.15) is 23.2 Å². The van der Waals surface area contributed by atoms with E-state index in [-0.39, 0.29) is 0 Å². The Balaban J connectivity index is 1.25. The smallest absolute Gasteiger partial charge is 0.232 e. The zero-order valence-electron chi connectivity index (χ0n) is 20.0. The summed E-state index contributed by atoms with van der Waals surface area (Å²) in [5.74, 6) is 4.71. The van der Waals surface area contributed by atoms with Crippen LogP contribution in [0.1, 0.15) is 38.4 Å². The van der Waals surface area contributed by atoms with Crippen molar-refractivity contribution in [3.63, 3.8) is 0 Å². The van der Waals surface area contributed by atoms with E-state index in [0.29, 0.717) is 28.5 Å². The highest BCUT2D eigenvalue weighted by atomic mass is 35.5. The molecule has 1 aromatic carbocycles. The van der Waals surface area contributed by atoms with E-state index in [4.69, 9.17) is 38.2 Å². The minimum atomic E-state index is 0.460. The number of nitrogens with zero attached hydrogens (tertiary/aromatic N) is 4. The van der Waals surface area contributed by atoms with Gasteiger partial charge in [-0.1, -0.05) is 18.5 Å². The maximum absolute atomic E-state index is 5.98. The SMILES string of the molecule is C[C@@H]1CCCN(c2cc(N3CCCC3)nc(NC(=S)NCc3ccc(-c4ccc(Cl)cc4)o3)n2)C1. The monoisotopic (exact) mass is 510 g/mol. The molecular weight excluding hydrogens is 480 g/mol. The number of furan rings is 1. The zero-order chi connectivity index (χ0) is 24.2. The molecule has 2 aliphatic heterocycles. The van der Waals surface area contributed by atoms with Crippen molar-refractivity contribution in [2.75, 3.05) is 41.3 Å². The van der Waals surface area contributed by atoms with Crippen LogP contribution >= 0.6 is 23.8 Å². The number of hydrogen-bond donors (Lipinski definition) is 2. The molecule has 7 nitrogen and oxygen atoms in total. The van der Waals surface area contributed by atoms with E-state index in [0.717, 1.165) is 54.9 Å². The number of hydrogen-bond acceptors (Lipinski definition) is 6. The Bertz CT molecular complexity index is 1160. The van der Waals surface area contributed by atoms with Crippen molar-refractivity contribution in [2.45, 2.75) is 39.2 Å². The highest BCUT2D eigenvalue weighted by Crippen LogP contribution is 2.28.